The van der Waals surface area contributed by atoms with E-state index in [9.17, 15) is 19.2 Å². The number of hydrogen-bond acceptors (Lipinski definition) is 8. The molecule has 1 aromatic carbocycles. The molecule has 12 nitrogen and oxygen atoms in total. The Morgan fingerprint density at radius 1 is 1.12 bits per heavy atom. The van der Waals surface area contributed by atoms with Gasteiger partial charge in [0, 0.05) is 31.3 Å². The number of benzene rings is 1. The third kappa shape index (κ3) is 8.93. The van der Waals surface area contributed by atoms with Crippen molar-refractivity contribution in [1.29, 1.82) is 0 Å². The number of carbonyl (C=O) groups is 4. The highest BCUT2D eigenvalue weighted by Gasteiger charge is 2.29. The Morgan fingerprint density at radius 3 is 2.67 bits per heavy atom. The number of hydrogen-bond donors (Lipinski definition) is 4. The lowest BCUT2D eigenvalue weighted by molar-refractivity contribution is -0.130. The van der Waals surface area contributed by atoms with Crippen LogP contribution in [-0.2, 0) is 27.3 Å². The van der Waals surface area contributed by atoms with Crippen molar-refractivity contribution < 1.29 is 19.2 Å². The number of thiazole rings is 1. The molecule has 1 aliphatic heterocycles. The maximum absolute atomic E-state index is 13.4. The minimum Gasteiger partial charge on any atom is -0.354 e. The molecule has 4 N–H and O–H groups in total. The van der Waals surface area contributed by atoms with Gasteiger partial charge in [0.1, 0.15) is 35.4 Å². The van der Waals surface area contributed by atoms with Gasteiger partial charge in [-0.25, -0.2) is 9.97 Å². The van der Waals surface area contributed by atoms with Crippen LogP contribution in [0.1, 0.15) is 73.1 Å². The van der Waals surface area contributed by atoms with E-state index in [4.69, 9.17) is 0 Å². The summed E-state index contributed by atoms with van der Waals surface area (Å²) in [5.74, 6) is -1.30. The molecule has 42 heavy (non-hydrogen) atoms. The number of fused-ring (bicyclic) bond motifs is 2. The minimum absolute atomic E-state index is 0.0227. The molecule has 0 saturated heterocycles. The van der Waals surface area contributed by atoms with Crippen LogP contribution in [0.15, 0.2) is 48.4 Å². The zero-order chi connectivity index (χ0) is 29.9. The van der Waals surface area contributed by atoms with Crippen molar-refractivity contribution in [2.75, 3.05) is 6.54 Å². The maximum Gasteiger partial charge on any atom is 0.271 e. The number of carbonyl (C=O) groups excluding carboxylic acids is 4. The number of nitrogens with zero attached hydrogens (tertiary/aromatic N) is 4. The van der Waals surface area contributed by atoms with Gasteiger partial charge >= 0.3 is 0 Å². The lowest BCUT2D eigenvalue weighted by Gasteiger charge is -2.25. The van der Waals surface area contributed by atoms with Gasteiger partial charge in [0.05, 0.1) is 6.04 Å². The van der Waals surface area contributed by atoms with E-state index in [0.717, 1.165) is 5.56 Å². The molecular formula is C29H38N8O4S. The fourth-order valence-electron chi connectivity index (χ4n) is 4.69. The van der Waals surface area contributed by atoms with Crippen LogP contribution in [0.5, 0.6) is 0 Å². The van der Waals surface area contributed by atoms with Crippen LogP contribution in [0.4, 0.5) is 0 Å². The number of rotatable bonds is 8. The molecule has 2 bridgehead atoms. The molecule has 0 unspecified atom stereocenters. The molecule has 2 aromatic heterocycles. The largest absolute Gasteiger partial charge is 0.354 e. The first kappa shape index (κ1) is 30.8. The van der Waals surface area contributed by atoms with E-state index in [1.54, 1.807) is 16.4 Å². The molecule has 3 aromatic rings. The van der Waals surface area contributed by atoms with Gasteiger partial charge in [-0.2, -0.15) is 5.10 Å². The summed E-state index contributed by atoms with van der Waals surface area (Å²) in [7, 11) is 0. The topological polar surface area (TPSA) is 160 Å². The van der Waals surface area contributed by atoms with E-state index in [1.807, 2.05) is 44.2 Å². The summed E-state index contributed by atoms with van der Waals surface area (Å²) >= 11 is 1.27. The SMILES string of the molecule is CC(C)[C@H]1NC(=O)[C@@H](NC(=O)CCCn2cncn2)CCCCNC(=O)[C@@H](Cc2ccccc2)NC(=O)c2csc1n2. The summed E-state index contributed by atoms with van der Waals surface area (Å²) in [6, 6.07) is 7.54. The van der Waals surface area contributed by atoms with Gasteiger partial charge in [0.25, 0.3) is 5.91 Å². The van der Waals surface area contributed by atoms with Crippen LogP contribution in [0.3, 0.4) is 0 Å². The smallest absolute Gasteiger partial charge is 0.271 e. The Morgan fingerprint density at radius 2 is 1.93 bits per heavy atom. The Hall–Kier alpha value is -4.13. The van der Waals surface area contributed by atoms with Crippen molar-refractivity contribution in [3.63, 3.8) is 0 Å². The second kappa shape index (κ2) is 15.2. The van der Waals surface area contributed by atoms with Gasteiger partial charge in [-0.1, -0.05) is 44.2 Å². The van der Waals surface area contributed by atoms with E-state index < -0.39 is 24.0 Å². The Kier molecular flexibility index (Phi) is 11.2. The number of aromatic nitrogens is 4. The highest BCUT2D eigenvalue weighted by Crippen LogP contribution is 2.26. The molecule has 0 aliphatic carbocycles. The molecular weight excluding hydrogens is 556 g/mol. The molecule has 224 valence electrons. The second-order valence-electron chi connectivity index (χ2n) is 10.7. The third-order valence-corrected chi connectivity index (χ3v) is 7.95. The van der Waals surface area contributed by atoms with E-state index in [2.05, 4.69) is 36.3 Å². The van der Waals surface area contributed by atoms with Crippen LogP contribution < -0.4 is 21.3 Å². The second-order valence-corrected chi connectivity index (χ2v) is 11.6. The van der Waals surface area contributed by atoms with Gasteiger partial charge in [0.15, 0.2) is 0 Å². The standard InChI is InChI=1S/C29H38N8O4S/c1-19(2)25-29-35-23(16-42-29)28(41)34-22(15-20-9-4-3-5-10-20)26(39)31-13-7-6-11-21(27(40)36-25)33-24(38)12-8-14-37-18-30-17-32-37/h3-5,9-10,16-19,21-22,25H,6-8,11-15H2,1-2H3,(H,31,39)(H,33,38)(H,34,41)(H,36,40)/t21-,22+,25+/m0/s1. The van der Waals surface area contributed by atoms with Crippen molar-refractivity contribution >= 4 is 35.0 Å². The van der Waals surface area contributed by atoms with E-state index in [1.165, 1.54) is 17.7 Å². The predicted octanol–water partition coefficient (Wildman–Crippen LogP) is 2.15. The third-order valence-electron chi connectivity index (χ3n) is 7.02. The molecule has 0 radical (unpaired) electrons. The first-order chi connectivity index (χ1) is 20.3. The molecule has 3 atom stereocenters. The van der Waals surface area contributed by atoms with Gasteiger partial charge in [-0.3, -0.25) is 23.9 Å². The lowest BCUT2D eigenvalue weighted by atomic mass is 10.0. The lowest BCUT2D eigenvalue weighted by Crippen LogP contribution is -2.49. The zero-order valence-corrected chi connectivity index (χ0v) is 24.7. The number of nitrogens with one attached hydrogen (secondary N) is 4. The van der Waals surface area contributed by atoms with E-state index in [0.29, 0.717) is 50.2 Å². The van der Waals surface area contributed by atoms with Gasteiger partial charge < -0.3 is 21.3 Å². The highest BCUT2D eigenvalue weighted by atomic mass is 32.1. The summed E-state index contributed by atoms with van der Waals surface area (Å²) < 4.78 is 1.65. The van der Waals surface area contributed by atoms with Crippen molar-refractivity contribution in [2.45, 2.75) is 77.0 Å². The average molecular weight is 595 g/mol. The quantitative estimate of drug-likeness (QED) is 0.311. The number of aryl methyl sites for hydroxylation is 1. The normalized spacial score (nSPS) is 20.5. The molecule has 13 heteroatoms. The summed E-state index contributed by atoms with van der Waals surface area (Å²) in [6.45, 7) is 4.84. The fraction of sp³-hybridized carbons (Fsp3) is 0.483. The Bertz CT molecular complexity index is 1330. The minimum atomic E-state index is -0.775. The Labute approximate surface area is 249 Å². The molecule has 3 heterocycles. The van der Waals surface area contributed by atoms with E-state index in [-0.39, 0.29) is 35.8 Å². The maximum atomic E-state index is 13.4. The van der Waals surface area contributed by atoms with Gasteiger partial charge in [-0.15, -0.1) is 11.3 Å². The molecule has 1 aliphatic rings. The van der Waals surface area contributed by atoms with Gasteiger partial charge in [-0.05, 0) is 37.2 Å². The molecule has 0 saturated carbocycles. The van der Waals surface area contributed by atoms with Crippen LogP contribution in [-0.4, -0.2) is 62.0 Å². The van der Waals surface area contributed by atoms with Crippen molar-refractivity contribution in [3.8, 4) is 0 Å². The van der Waals surface area contributed by atoms with E-state index >= 15 is 0 Å². The molecule has 0 fully saturated rings. The van der Waals surface area contributed by atoms with Gasteiger partial charge in [0.2, 0.25) is 17.7 Å². The monoisotopic (exact) mass is 594 g/mol. The van der Waals surface area contributed by atoms with Crippen LogP contribution in [0, 0.1) is 5.92 Å². The molecule has 4 rings (SSSR count). The fourth-order valence-corrected chi connectivity index (χ4v) is 5.71. The van der Waals surface area contributed by atoms with Crippen molar-refractivity contribution in [2.24, 2.45) is 5.92 Å². The van der Waals surface area contributed by atoms with Crippen LogP contribution in [0.25, 0.3) is 0 Å². The first-order valence-electron chi connectivity index (χ1n) is 14.3. The summed E-state index contributed by atoms with van der Waals surface area (Å²) in [5.41, 5.74) is 1.11. The van der Waals surface area contributed by atoms with Crippen molar-refractivity contribution in [1.82, 2.24) is 41.0 Å². The highest BCUT2D eigenvalue weighted by molar-refractivity contribution is 7.09. The zero-order valence-electron chi connectivity index (χ0n) is 23.9. The average Bonchev–Trinajstić information content (AvgIpc) is 3.67. The summed E-state index contributed by atoms with van der Waals surface area (Å²) in [4.78, 5) is 61.0. The summed E-state index contributed by atoms with van der Waals surface area (Å²) in [6.07, 6.45) is 5.78. The predicted molar refractivity (Wildman–Crippen MR) is 157 cm³/mol. The van der Waals surface area contributed by atoms with Crippen LogP contribution >= 0.6 is 11.3 Å². The molecule has 4 amide bonds. The van der Waals surface area contributed by atoms with Crippen LogP contribution in [0.2, 0.25) is 0 Å². The Balaban J connectivity index is 1.49. The summed E-state index contributed by atoms with van der Waals surface area (Å²) in [5, 5.41) is 18.0. The van der Waals surface area contributed by atoms with Crippen molar-refractivity contribution in [3.05, 3.63) is 64.6 Å². The first-order valence-corrected chi connectivity index (χ1v) is 15.2. The number of amides is 4. The molecule has 0 spiro atoms.